The lowest BCUT2D eigenvalue weighted by Gasteiger charge is -2.17. The van der Waals surface area contributed by atoms with E-state index < -0.39 is 0 Å². The minimum absolute atomic E-state index is 0.00688. The van der Waals surface area contributed by atoms with Crippen molar-refractivity contribution < 1.29 is 4.79 Å². The average Bonchev–Trinajstić information content (AvgIpc) is 3.21. The van der Waals surface area contributed by atoms with Crippen LogP contribution < -0.4 is 5.32 Å². The maximum atomic E-state index is 11.9. The highest BCUT2D eigenvalue weighted by molar-refractivity contribution is 9.10. The molecule has 0 spiro atoms. The number of amides is 2. The predicted molar refractivity (Wildman–Crippen MR) is 80.8 cm³/mol. The van der Waals surface area contributed by atoms with Crippen LogP contribution in [0.2, 0.25) is 0 Å². The third-order valence-corrected chi connectivity index (χ3v) is 4.08. The maximum Gasteiger partial charge on any atom is 0.317 e. The van der Waals surface area contributed by atoms with Crippen molar-refractivity contribution in [2.75, 3.05) is 13.6 Å². The number of nitrogens with zero attached hydrogens (tertiary/aromatic N) is 3. The molecule has 2 heterocycles. The van der Waals surface area contributed by atoms with Crippen LogP contribution in [0.3, 0.4) is 0 Å². The first-order chi connectivity index (χ1) is 9.65. The molecular weight excluding hydrogens is 320 g/mol. The fraction of sp³-hybridized carbons (Fsp3) is 0.429. The van der Waals surface area contributed by atoms with Crippen molar-refractivity contribution in [2.24, 2.45) is 0 Å². The summed E-state index contributed by atoms with van der Waals surface area (Å²) in [5, 5.41) is 2.98. The van der Waals surface area contributed by atoms with E-state index in [1.54, 1.807) is 4.90 Å². The topological polar surface area (TPSA) is 49.6 Å². The molecule has 0 radical (unpaired) electrons. The summed E-state index contributed by atoms with van der Waals surface area (Å²) in [7, 11) is 1.82. The predicted octanol–water partition coefficient (Wildman–Crippen LogP) is 2.44. The maximum absolute atomic E-state index is 11.9. The van der Waals surface area contributed by atoms with Crippen LogP contribution in [0.1, 0.15) is 18.7 Å². The third-order valence-electron chi connectivity index (χ3n) is 3.50. The normalized spacial score (nSPS) is 14.5. The summed E-state index contributed by atoms with van der Waals surface area (Å²) in [5.41, 5.74) is 1.05. The summed E-state index contributed by atoms with van der Waals surface area (Å²) >= 11 is 3.47. The SMILES string of the molecule is CN(CCc1nc(Br)c2ccccn12)C(=O)NC1CC1. The minimum atomic E-state index is 0.00688. The van der Waals surface area contributed by atoms with Crippen LogP contribution in [0.5, 0.6) is 0 Å². The number of hydrogen-bond acceptors (Lipinski definition) is 2. The summed E-state index contributed by atoms with van der Waals surface area (Å²) in [6, 6.07) is 6.39. The molecule has 3 rings (SSSR count). The number of nitrogens with one attached hydrogen (secondary N) is 1. The van der Waals surface area contributed by atoms with Crippen molar-refractivity contribution in [3.05, 3.63) is 34.8 Å². The zero-order valence-electron chi connectivity index (χ0n) is 11.3. The Morgan fingerprint density at radius 1 is 1.55 bits per heavy atom. The minimum Gasteiger partial charge on any atom is -0.335 e. The fourth-order valence-electron chi connectivity index (χ4n) is 2.12. The summed E-state index contributed by atoms with van der Waals surface area (Å²) in [6.45, 7) is 0.652. The molecule has 1 aliphatic rings. The van der Waals surface area contributed by atoms with Crippen molar-refractivity contribution in [3.63, 3.8) is 0 Å². The van der Waals surface area contributed by atoms with Gasteiger partial charge in [-0.2, -0.15) is 0 Å². The lowest BCUT2D eigenvalue weighted by Crippen LogP contribution is -2.39. The number of urea groups is 1. The summed E-state index contributed by atoms with van der Waals surface area (Å²) < 4.78 is 2.90. The van der Waals surface area contributed by atoms with Crippen molar-refractivity contribution in [2.45, 2.75) is 25.3 Å². The van der Waals surface area contributed by atoms with E-state index in [0.29, 0.717) is 12.6 Å². The van der Waals surface area contributed by atoms with Gasteiger partial charge >= 0.3 is 6.03 Å². The molecule has 2 aromatic heterocycles. The fourth-order valence-corrected chi connectivity index (χ4v) is 2.65. The van der Waals surface area contributed by atoms with Crippen LogP contribution >= 0.6 is 15.9 Å². The van der Waals surface area contributed by atoms with Gasteiger partial charge in [0.15, 0.2) is 0 Å². The van der Waals surface area contributed by atoms with Crippen LogP contribution in [0.4, 0.5) is 4.79 Å². The third kappa shape index (κ3) is 2.80. The molecule has 1 N–H and O–H groups in total. The van der Waals surface area contributed by atoms with Crippen molar-refractivity contribution >= 4 is 27.5 Å². The second kappa shape index (κ2) is 5.44. The standard InChI is InChI=1S/C14H17BrN4O/c1-18(14(20)16-10-5-6-10)9-7-12-17-13(15)11-4-2-3-8-19(11)12/h2-4,8,10H,5-7,9H2,1H3,(H,16,20). The lowest BCUT2D eigenvalue weighted by molar-refractivity contribution is 0.208. The van der Waals surface area contributed by atoms with Gasteiger partial charge in [0.05, 0.1) is 5.52 Å². The van der Waals surface area contributed by atoms with Crippen LogP contribution in [-0.4, -0.2) is 39.9 Å². The zero-order chi connectivity index (χ0) is 14.1. The van der Waals surface area contributed by atoms with Crippen molar-refractivity contribution in [1.82, 2.24) is 19.6 Å². The van der Waals surface area contributed by atoms with Gasteiger partial charge in [0, 0.05) is 32.3 Å². The Morgan fingerprint density at radius 2 is 2.35 bits per heavy atom. The molecule has 1 saturated carbocycles. The summed E-state index contributed by atoms with van der Waals surface area (Å²) in [5.74, 6) is 0.957. The monoisotopic (exact) mass is 336 g/mol. The van der Waals surface area contributed by atoms with Gasteiger partial charge in [0.25, 0.3) is 0 Å². The molecule has 0 aliphatic heterocycles. The number of carbonyl (C=O) groups is 1. The van der Waals surface area contributed by atoms with E-state index in [1.165, 1.54) is 0 Å². The number of hydrogen-bond donors (Lipinski definition) is 1. The molecule has 5 nitrogen and oxygen atoms in total. The molecule has 0 saturated heterocycles. The van der Waals surface area contributed by atoms with Gasteiger partial charge in [-0.25, -0.2) is 9.78 Å². The Kier molecular flexibility index (Phi) is 3.65. The molecule has 1 aliphatic carbocycles. The number of likely N-dealkylation sites (N-methyl/N-ethyl adjacent to an activating group) is 1. The average molecular weight is 337 g/mol. The summed E-state index contributed by atoms with van der Waals surface area (Å²) in [4.78, 5) is 18.1. The van der Waals surface area contributed by atoms with Gasteiger partial charge in [-0.05, 0) is 40.9 Å². The van der Waals surface area contributed by atoms with E-state index in [4.69, 9.17) is 0 Å². The molecule has 2 amide bonds. The molecule has 20 heavy (non-hydrogen) atoms. The molecular formula is C14H17BrN4O. The van der Waals surface area contributed by atoms with E-state index in [2.05, 4.69) is 30.6 Å². The second-order valence-electron chi connectivity index (χ2n) is 5.17. The quantitative estimate of drug-likeness (QED) is 0.932. The first-order valence-electron chi connectivity index (χ1n) is 6.78. The Balaban J connectivity index is 1.65. The molecule has 2 aromatic rings. The lowest BCUT2D eigenvalue weighted by atomic mass is 10.3. The highest BCUT2D eigenvalue weighted by atomic mass is 79.9. The van der Waals surface area contributed by atoms with Crippen molar-refractivity contribution in [3.8, 4) is 0 Å². The molecule has 0 unspecified atom stereocenters. The van der Waals surface area contributed by atoms with E-state index in [1.807, 2.05) is 31.4 Å². The van der Waals surface area contributed by atoms with E-state index >= 15 is 0 Å². The van der Waals surface area contributed by atoms with Crippen LogP contribution in [-0.2, 0) is 6.42 Å². The molecule has 106 valence electrons. The van der Waals surface area contributed by atoms with Gasteiger partial charge in [-0.1, -0.05) is 6.07 Å². The number of pyridine rings is 1. The molecule has 0 atom stereocenters. The van der Waals surface area contributed by atoms with E-state index in [-0.39, 0.29) is 6.03 Å². The number of aromatic nitrogens is 2. The van der Waals surface area contributed by atoms with Gasteiger partial charge in [-0.3, -0.25) is 0 Å². The van der Waals surface area contributed by atoms with E-state index in [9.17, 15) is 4.79 Å². The number of halogens is 1. The molecule has 1 fully saturated rings. The van der Waals surface area contributed by atoms with Crippen LogP contribution in [0, 0.1) is 0 Å². The van der Waals surface area contributed by atoms with Gasteiger partial charge in [0.2, 0.25) is 0 Å². The number of rotatable bonds is 4. The number of fused-ring (bicyclic) bond motifs is 1. The van der Waals surface area contributed by atoms with Crippen LogP contribution in [0.25, 0.3) is 5.52 Å². The second-order valence-corrected chi connectivity index (χ2v) is 5.92. The largest absolute Gasteiger partial charge is 0.335 e. The molecule has 0 bridgehead atoms. The Labute approximate surface area is 126 Å². The summed E-state index contributed by atoms with van der Waals surface area (Å²) in [6.07, 6.45) is 4.94. The number of imidazole rings is 1. The zero-order valence-corrected chi connectivity index (χ0v) is 12.9. The number of carbonyl (C=O) groups excluding carboxylic acids is 1. The first-order valence-corrected chi connectivity index (χ1v) is 7.57. The molecule has 0 aromatic carbocycles. The Bertz CT molecular complexity index is 635. The highest BCUT2D eigenvalue weighted by Gasteiger charge is 2.24. The first kappa shape index (κ1) is 13.4. The smallest absolute Gasteiger partial charge is 0.317 e. The Morgan fingerprint density at radius 3 is 3.10 bits per heavy atom. The molecule has 6 heteroatoms. The van der Waals surface area contributed by atoms with Gasteiger partial charge < -0.3 is 14.6 Å². The van der Waals surface area contributed by atoms with Gasteiger partial charge in [0.1, 0.15) is 10.4 Å². The van der Waals surface area contributed by atoms with E-state index in [0.717, 1.165) is 35.2 Å². The Hall–Kier alpha value is -1.56. The van der Waals surface area contributed by atoms with Crippen LogP contribution in [0.15, 0.2) is 29.0 Å². The highest BCUT2D eigenvalue weighted by Crippen LogP contribution is 2.20. The van der Waals surface area contributed by atoms with Gasteiger partial charge in [-0.15, -0.1) is 0 Å². The van der Waals surface area contributed by atoms with Crippen molar-refractivity contribution in [1.29, 1.82) is 0 Å².